The van der Waals surface area contributed by atoms with Gasteiger partial charge in [0.15, 0.2) is 0 Å². The topological polar surface area (TPSA) is 57.8 Å². The summed E-state index contributed by atoms with van der Waals surface area (Å²) in [6.45, 7) is 4.53. The molecule has 2 N–H and O–H groups in total. The molecule has 0 aromatic carbocycles. The molecule has 0 aliphatic carbocycles. The Hall–Kier alpha value is -1.58. The molecule has 0 fully saturated rings. The summed E-state index contributed by atoms with van der Waals surface area (Å²) < 4.78 is 0. The standard InChI is InChI=1S/C9H13N3O/c1-7(2)3-5-10-9(13)8-4-6-11-12-8/h3-4,6H,5H2,1-2H3,(H,10,13)(H,11,12). The molecule has 13 heavy (non-hydrogen) atoms. The van der Waals surface area contributed by atoms with Crippen LogP contribution in [0.15, 0.2) is 23.9 Å². The van der Waals surface area contributed by atoms with Gasteiger partial charge in [-0.15, -0.1) is 0 Å². The third-order valence-electron chi connectivity index (χ3n) is 1.52. The van der Waals surface area contributed by atoms with Crippen LogP contribution >= 0.6 is 0 Å². The summed E-state index contributed by atoms with van der Waals surface area (Å²) in [7, 11) is 0. The average molecular weight is 179 g/mol. The molecule has 1 rings (SSSR count). The minimum absolute atomic E-state index is 0.130. The number of H-pyrrole nitrogens is 1. The number of hydrogen-bond acceptors (Lipinski definition) is 2. The van der Waals surface area contributed by atoms with Gasteiger partial charge in [-0.3, -0.25) is 9.89 Å². The predicted molar refractivity (Wildman–Crippen MR) is 50.4 cm³/mol. The van der Waals surface area contributed by atoms with Crippen molar-refractivity contribution in [2.24, 2.45) is 0 Å². The zero-order valence-corrected chi connectivity index (χ0v) is 7.79. The van der Waals surface area contributed by atoms with E-state index in [0.29, 0.717) is 12.2 Å². The molecule has 0 spiro atoms. The first-order valence-electron chi connectivity index (χ1n) is 4.11. The van der Waals surface area contributed by atoms with E-state index < -0.39 is 0 Å². The fourth-order valence-electron chi connectivity index (χ4n) is 0.825. The van der Waals surface area contributed by atoms with Crippen molar-refractivity contribution in [2.75, 3.05) is 6.54 Å². The van der Waals surface area contributed by atoms with E-state index in [0.717, 1.165) is 0 Å². The van der Waals surface area contributed by atoms with Crippen LogP contribution in [-0.4, -0.2) is 22.6 Å². The molecule has 0 saturated carbocycles. The molecule has 0 radical (unpaired) electrons. The Kier molecular flexibility index (Phi) is 3.25. The van der Waals surface area contributed by atoms with Crippen molar-refractivity contribution in [3.8, 4) is 0 Å². The summed E-state index contributed by atoms with van der Waals surface area (Å²) in [5.41, 5.74) is 1.67. The maximum atomic E-state index is 11.3. The Morgan fingerprint density at radius 2 is 2.46 bits per heavy atom. The molecule has 70 valence electrons. The minimum Gasteiger partial charge on any atom is -0.347 e. The molecule has 0 bridgehead atoms. The second-order valence-electron chi connectivity index (χ2n) is 2.96. The van der Waals surface area contributed by atoms with E-state index in [1.165, 1.54) is 5.57 Å². The first kappa shape index (κ1) is 9.51. The van der Waals surface area contributed by atoms with E-state index in [1.54, 1.807) is 12.3 Å². The van der Waals surface area contributed by atoms with Gasteiger partial charge in [-0.1, -0.05) is 11.6 Å². The Morgan fingerprint density at radius 3 is 3.00 bits per heavy atom. The van der Waals surface area contributed by atoms with Crippen molar-refractivity contribution in [2.45, 2.75) is 13.8 Å². The Bertz CT molecular complexity index is 297. The quantitative estimate of drug-likeness (QED) is 0.683. The van der Waals surface area contributed by atoms with Crippen molar-refractivity contribution >= 4 is 5.91 Å². The Balaban J connectivity index is 2.39. The van der Waals surface area contributed by atoms with Crippen molar-refractivity contribution in [1.29, 1.82) is 0 Å². The fourth-order valence-corrected chi connectivity index (χ4v) is 0.825. The highest BCUT2D eigenvalue weighted by atomic mass is 16.1. The van der Waals surface area contributed by atoms with Crippen molar-refractivity contribution in [3.05, 3.63) is 29.6 Å². The zero-order chi connectivity index (χ0) is 9.68. The van der Waals surface area contributed by atoms with Crippen molar-refractivity contribution < 1.29 is 4.79 Å². The van der Waals surface area contributed by atoms with Gasteiger partial charge in [0.25, 0.3) is 5.91 Å². The van der Waals surface area contributed by atoms with Gasteiger partial charge in [0.2, 0.25) is 0 Å². The number of amides is 1. The number of nitrogens with one attached hydrogen (secondary N) is 2. The number of nitrogens with zero attached hydrogens (tertiary/aromatic N) is 1. The smallest absolute Gasteiger partial charge is 0.269 e. The lowest BCUT2D eigenvalue weighted by atomic mass is 10.3. The highest BCUT2D eigenvalue weighted by molar-refractivity contribution is 5.92. The average Bonchev–Trinajstić information content (AvgIpc) is 2.55. The van der Waals surface area contributed by atoms with E-state index >= 15 is 0 Å². The second kappa shape index (κ2) is 4.45. The number of allylic oxidation sites excluding steroid dienone is 1. The summed E-state index contributed by atoms with van der Waals surface area (Å²) in [6.07, 6.45) is 3.50. The molecule has 0 saturated heterocycles. The number of aromatic amines is 1. The zero-order valence-electron chi connectivity index (χ0n) is 7.79. The molecule has 0 unspecified atom stereocenters. The van der Waals surface area contributed by atoms with E-state index in [2.05, 4.69) is 15.5 Å². The maximum absolute atomic E-state index is 11.3. The van der Waals surface area contributed by atoms with Crippen molar-refractivity contribution in [3.63, 3.8) is 0 Å². The van der Waals surface area contributed by atoms with Gasteiger partial charge in [-0.05, 0) is 19.9 Å². The number of aromatic nitrogens is 2. The Morgan fingerprint density at radius 1 is 1.69 bits per heavy atom. The summed E-state index contributed by atoms with van der Waals surface area (Å²) in [4.78, 5) is 11.3. The summed E-state index contributed by atoms with van der Waals surface area (Å²) in [5.74, 6) is -0.130. The van der Waals surface area contributed by atoms with E-state index in [4.69, 9.17) is 0 Å². The summed E-state index contributed by atoms with van der Waals surface area (Å²) in [6, 6.07) is 1.64. The van der Waals surface area contributed by atoms with Crippen LogP contribution in [0.1, 0.15) is 24.3 Å². The van der Waals surface area contributed by atoms with Crippen LogP contribution < -0.4 is 5.32 Å². The molecule has 1 heterocycles. The number of rotatable bonds is 3. The van der Waals surface area contributed by atoms with Gasteiger partial charge >= 0.3 is 0 Å². The van der Waals surface area contributed by atoms with Crippen LogP contribution in [0, 0.1) is 0 Å². The largest absolute Gasteiger partial charge is 0.347 e. The van der Waals surface area contributed by atoms with E-state index in [-0.39, 0.29) is 5.91 Å². The van der Waals surface area contributed by atoms with Crippen LogP contribution in [0.2, 0.25) is 0 Å². The molecule has 4 heteroatoms. The normalized spacial score (nSPS) is 9.38. The third-order valence-corrected chi connectivity index (χ3v) is 1.52. The van der Waals surface area contributed by atoms with Crippen molar-refractivity contribution in [1.82, 2.24) is 15.5 Å². The SMILES string of the molecule is CC(C)=CCNC(=O)c1ccn[nH]1. The Labute approximate surface area is 77.0 Å². The lowest BCUT2D eigenvalue weighted by molar-refractivity contribution is 0.0953. The molecule has 0 aliphatic rings. The van der Waals surface area contributed by atoms with Gasteiger partial charge in [-0.2, -0.15) is 5.10 Å². The number of carbonyl (C=O) groups is 1. The first-order chi connectivity index (χ1) is 6.20. The maximum Gasteiger partial charge on any atom is 0.269 e. The molecular weight excluding hydrogens is 166 g/mol. The fraction of sp³-hybridized carbons (Fsp3) is 0.333. The van der Waals surface area contributed by atoms with Gasteiger partial charge in [0.1, 0.15) is 5.69 Å². The molecule has 1 amide bonds. The molecule has 0 atom stereocenters. The third kappa shape index (κ3) is 3.11. The van der Waals surface area contributed by atoms with E-state index in [9.17, 15) is 4.79 Å². The molecular formula is C9H13N3O. The minimum atomic E-state index is -0.130. The second-order valence-corrected chi connectivity index (χ2v) is 2.96. The highest BCUT2D eigenvalue weighted by Crippen LogP contribution is 1.91. The van der Waals surface area contributed by atoms with Crippen LogP contribution in [-0.2, 0) is 0 Å². The lowest BCUT2D eigenvalue weighted by Crippen LogP contribution is -2.23. The van der Waals surface area contributed by atoms with Crippen LogP contribution in [0.25, 0.3) is 0 Å². The van der Waals surface area contributed by atoms with E-state index in [1.807, 2.05) is 19.9 Å². The molecule has 1 aromatic rings. The van der Waals surface area contributed by atoms with Gasteiger partial charge in [0.05, 0.1) is 0 Å². The molecule has 1 aromatic heterocycles. The number of hydrogen-bond donors (Lipinski definition) is 2. The van der Waals surface area contributed by atoms with Gasteiger partial charge in [0, 0.05) is 12.7 Å². The van der Waals surface area contributed by atoms with Gasteiger partial charge < -0.3 is 5.32 Å². The summed E-state index contributed by atoms with van der Waals surface area (Å²) in [5, 5.41) is 9.01. The monoisotopic (exact) mass is 179 g/mol. The first-order valence-corrected chi connectivity index (χ1v) is 4.11. The lowest BCUT2D eigenvalue weighted by Gasteiger charge is -1.98. The predicted octanol–water partition coefficient (Wildman–Crippen LogP) is 1.11. The number of carbonyl (C=O) groups excluding carboxylic acids is 1. The molecule has 4 nitrogen and oxygen atoms in total. The summed E-state index contributed by atoms with van der Waals surface area (Å²) >= 11 is 0. The van der Waals surface area contributed by atoms with Crippen LogP contribution in [0.4, 0.5) is 0 Å². The van der Waals surface area contributed by atoms with Crippen LogP contribution in [0.3, 0.4) is 0 Å². The van der Waals surface area contributed by atoms with Crippen LogP contribution in [0.5, 0.6) is 0 Å². The molecule has 0 aliphatic heterocycles. The van der Waals surface area contributed by atoms with Gasteiger partial charge in [-0.25, -0.2) is 0 Å². The highest BCUT2D eigenvalue weighted by Gasteiger charge is 2.03.